The van der Waals surface area contributed by atoms with E-state index in [2.05, 4.69) is 5.32 Å². The molecular formula is C20H23NO3. The van der Waals surface area contributed by atoms with E-state index >= 15 is 0 Å². The van der Waals surface area contributed by atoms with Crippen LogP contribution in [0, 0.1) is 0 Å². The van der Waals surface area contributed by atoms with E-state index in [1.165, 1.54) is 0 Å². The van der Waals surface area contributed by atoms with E-state index in [9.17, 15) is 4.79 Å². The van der Waals surface area contributed by atoms with Crippen molar-refractivity contribution >= 4 is 5.91 Å². The number of benzene rings is 2. The summed E-state index contributed by atoms with van der Waals surface area (Å²) in [5.41, 5.74) is 2.08. The Morgan fingerprint density at radius 3 is 2.25 bits per heavy atom. The van der Waals surface area contributed by atoms with E-state index in [1.807, 2.05) is 60.7 Å². The van der Waals surface area contributed by atoms with E-state index in [4.69, 9.17) is 9.47 Å². The molecule has 2 aromatic rings. The number of nitrogens with one attached hydrogen (secondary N) is 1. The zero-order valence-corrected chi connectivity index (χ0v) is 13.7. The van der Waals surface area contributed by atoms with Crippen LogP contribution in [0.5, 0.6) is 0 Å². The van der Waals surface area contributed by atoms with Gasteiger partial charge in [-0.2, -0.15) is 0 Å². The smallest absolute Gasteiger partial charge is 0.246 e. The summed E-state index contributed by atoms with van der Waals surface area (Å²) in [7, 11) is 0. The van der Waals surface area contributed by atoms with Crippen LogP contribution in [-0.4, -0.2) is 31.8 Å². The average molecular weight is 325 g/mol. The van der Waals surface area contributed by atoms with Crippen molar-refractivity contribution in [2.24, 2.45) is 0 Å². The Morgan fingerprint density at radius 2 is 1.71 bits per heavy atom. The van der Waals surface area contributed by atoms with Gasteiger partial charge in [-0.15, -0.1) is 0 Å². The molecule has 1 aliphatic heterocycles. The van der Waals surface area contributed by atoms with E-state index in [0.29, 0.717) is 6.54 Å². The first-order chi connectivity index (χ1) is 11.8. The maximum atomic E-state index is 12.1. The lowest BCUT2D eigenvalue weighted by Gasteiger charge is -2.19. The first-order valence-electron chi connectivity index (χ1n) is 8.43. The van der Waals surface area contributed by atoms with E-state index in [0.717, 1.165) is 30.6 Å². The number of carbonyl (C=O) groups excluding carboxylic acids is 1. The molecule has 0 saturated carbocycles. The molecule has 0 radical (unpaired) electrons. The predicted octanol–water partition coefficient (Wildman–Crippen LogP) is 3.09. The standard InChI is InChI=1S/C20H23NO3/c22-19(21-14-18-12-7-13-23-18)15-24-20(16-8-3-1-4-9-16)17-10-5-2-6-11-17/h1-6,8-11,18,20H,7,12-15H2,(H,21,22). The molecule has 0 aliphatic carbocycles. The molecule has 4 nitrogen and oxygen atoms in total. The average Bonchev–Trinajstić information content (AvgIpc) is 3.16. The van der Waals surface area contributed by atoms with Crippen molar-refractivity contribution in [3.8, 4) is 0 Å². The third-order valence-electron chi connectivity index (χ3n) is 4.14. The Morgan fingerprint density at radius 1 is 1.08 bits per heavy atom. The molecule has 1 aliphatic rings. The molecule has 0 spiro atoms. The Balaban J connectivity index is 1.59. The number of hydrogen-bond donors (Lipinski definition) is 1. The van der Waals surface area contributed by atoms with Crippen LogP contribution in [0.1, 0.15) is 30.1 Å². The third kappa shape index (κ3) is 4.66. The van der Waals surface area contributed by atoms with Crippen molar-refractivity contribution in [2.45, 2.75) is 25.0 Å². The summed E-state index contributed by atoms with van der Waals surface area (Å²) >= 11 is 0. The molecule has 4 heteroatoms. The highest BCUT2D eigenvalue weighted by atomic mass is 16.5. The molecule has 1 saturated heterocycles. The number of hydrogen-bond acceptors (Lipinski definition) is 3. The van der Waals surface area contributed by atoms with Crippen molar-refractivity contribution in [3.63, 3.8) is 0 Å². The summed E-state index contributed by atoms with van der Waals surface area (Å²) in [4.78, 5) is 12.1. The maximum Gasteiger partial charge on any atom is 0.246 e. The fourth-order valence-corrected chi connectivity index (χ4v) is 2.88. The van der Waals surface area contributed by atoms with Gasteiger partial charge in [0.15, 0.2) is 0 Å². The lowest BCUT2D eigenvalue weighted by molar-refractivity contribution is -0.127. The van der Waals surface area contributed by atoms with Gasteiger partial charge in [-0.05, 0) is 24.0 Å². The van der Waals surface area contributed by atoms with Gasteiger partial charge in [0, 0.05) is 13.2 Å². The first-order valence-corrected chi connectivity index (χ1v) is 8.43. The third-order valence-corrected chi connectivity index (χ3v) is 4.14. The minimum Gasteiger partial charge on any atom is -0.376 e. The topological polar surface area (TPSA) is 47.6 Å². The van der Waals surface area contributed by atoms with Crippen molar-refractivity contribution in [3.05, 3.63) is 71.8 Å². The highest BCUT2D eigenvalue weighted by molar-refractivity contribution is 5.77. The lowest BCUT2D eigenvalue weighted by Crippen LogP contribution is -2.34. The maximum absolute atomic E-state index is 12.1. The second-order valence-corrected chi connectivity index (χ2v) is 5.95. The summed E-state index contributed by atoms with van der Waals surface area (Å²) in [6, 6.07) is 19.9. The normalized spacial score (nSPS) is 17.1. The van der Waals surface area contributed by atoms with Crippen LogP contribution in [0.15, 0.2) is 60.7 Å². The zero-order valence-electron chi connectivity index (χ0n) is 13.7. The molecule has 126 valence electrons. The number of amides is 1. The first kappa shape index (κ1) is 16.7. The van der Waals surface area contributed by atoms with Gasteiger partial charge in [0.05, 0.1) is 6.10 Å². The van der Waals surface area contributed by atoms with Gasteiger partial charge in [-0.3, -0.25) is 4.79 Å². The molecule has 1 heterocycles. The van der Waals surface area contributed by atoms with E-state index in [1.54, 1.807) is 0 Å². The Hall–Kier alpha value is -2.17. The summed E-state index contributed by atoms with van der Waals surface area (Å²) < 4.78 is 11.5. The van der Waals surface area contributed by atoms with Gasteiger partial charge in [0.2, 0.25) is 5.91 Å². The predicted molar refractivity (Wildman–Crippen MR) is 92.7 cm³/mol. The van der Waals surface area contributed by atoms with Crippen LogP contribution in [0.25, 0.3) is 0 Å². The Bertz CT molecular complexity index is 584. The van der Waals surface area contributed by atoms with Crippen molar-refractivity contribution in [2.75, 3.05) is 19.8 Å². The molecule has 0 aromatic heterocycles. The fourth-order valence-electron chi connectivity index (χ4n) is 2.88. The quantitative estimate of drug-likeness (QED) is 0.851. The molecule has 3 rings (SSSR count). The van der Waals surface area contributed by atoms with Crippen molar-refractivity contribution in [1.82, 2.24) is 5.32 Å². The highest BCUT2D eigenvalue weighted by Crippen LogP contribution is 2.25. The summed E-state index contributed by atoms with van der Waals surface area (Å²) in [5, 5.41) is 2.89. The van der Waals surface area contributed by atoms with Gasteiger partial charge in [-0.25, -0.2) is 0 Å². The molecule has 24 heavy (non-hydrogen) atoms. The molecule has 1 amide bonds. The van der Waals surface area contributed by atoms with E-state index < -0.39 is 0 Å². The second-order valence-electron chi connectivity index (χ2n) is 5.95. The Labute approximate surface area is 142 Å². The second kappa shape index (κ2) is 8.62. The van der Waals surface area contributed by atoms with Crippen LogP contribution < -0.4 is 5.32 Å². The minimum absolute atomic E-state index is 0.0289. The molecule has 1 atom stereocenters. The van der Waals surface area contributed by atoms with E-state index in [-0.39, 0.29) is 24.7 Å². The van der Waals surface area contributed by atoms with Crippen LogP contribution in [0.4, 0.5) is 0 Å². The summed E-state index contributed by atoms with van der Waals surface area (Å²) in [5.74, 6) is -0.109. The summed E-state index contributed by atoms with van der Waals surface area (Å²) in [6.07, 6.45) is 1.98. The highest BCUT2D eigenvalue weighted by Gasteiger charge is 2.18. The molecule has 1 fully saturated rings. The molecule has 0 bridgehead atoms. The van der Waals surface area contributed by atoms with Gasteiger partial charge in [0.25, 0.3) is 0 Å². The largest absolute Gasteiger partial charge is 0.376 e. The van der Waals surface area contributed by atoms with Gasteiger partial charge >= 0.3 is 0 Å². The monoisotopic (exact) mass is 325 g/mol. The number of rotatable bonds is 7. The van der Waals surface area contributed by atoms with Gasteiger partial charge < -0.3 is 14.8 Å². The van der Waals surface area contributed by atoms with Gasteiger partial charge in [-0.1, -0.05) is 60.7 Å². The zero-order chi connectivity index (χ0) is 16.6. The van der Waals surface area contributed by atoms with Crippen LogP contribution in [-0.2, 0) is 14.3 Å². The van der Waals surface area contributed by atoms with Crippen LogP contribution >= 0.6 is 0 Å². The number of carbonyl (C=O) groups is 1. The molecule has 2 aromatic carbocycles. The number of ether oxygens (including phenoxy) is 2. The Kier molecular flexibility index (Phi) is 5.99. The molecule has 1 N–H and O–H groups in total. The van der Waals surface area contributed by atoms with Gasteiger partial charge in [0.1, 0.15) is 12.7 Å². The lowest BCUT2D eigenvalue weighted by atomic mass is 10.0. The minimum atomic E-state index is -0.249. The van der Waals surface area contributed by atoms with Crippen LogP contribution in [0.3, 0.4) is 0 Å². The van der Waals surface area contributed by atoms with Crippen molar-refractivity contribution in [1.29, 1.82) is 0 Å². The molecule has 1 unspecified atom stereocenters. The van der Waals surface area contributed by atoms with Crippen molar-refractivity contribution < 1.29 is 14.3 Å². The molecular weight excluding hydrogens is 302 g/mol. The fraction of sp³-hybridized carbons (Fsp3) is 0.350. The van der Waals surface area contributed by atoms with Crippen LogP contribution in [0.2, 0.25) is 0 Å². The SMILES string of the molecule is O=C(COC(c1ccccc1)c1ccccc1)NCC1CCCO1. The summed E-state index contributed by atoms with van der Waals surface area (Å²) in [6.45, 7) is 1.38.